The normalized spacial score (nSPS) is 21.7. The molecule has 0 saturated carbocycles. The Kier molecular flexibility index (Phi) is 7.06. The van der Waals surface area contributed by atoms with Crippen molar-refractivity contribution in [2.24, 2.45) is 0 Å². The molecule has 1 amide bonds. The van der Waals surface area contributed by atoms with Crippen molar-refractivity contribution >= 4 is 12.1 Å². The topological polar surface area (TPSA) is 67.9 Å². The maximum absolute atomic E-state index is 12.2. The van der Waals surface area contributed by atoms with E-state index in [0.717, 1.165) is 11.0 Å². The van der Waals surface area contributed by atoms with Gasteiger partial charge in [-0.15, -0.1) is 0 Å². The molecule has 1 fully saturated rings. The van der Waals surface area contributed by atoms with Gasteiger partial charge in [-0.1, -0.05) is 0 Å². The first-order chi connectivity index (χ1) is 11.8. The fourth-order valence-corrected chi connectivity index (χ4v) is 5.10. The van der Waals surface area contributed by atoms with Crippen LogP contribution in [-0.4, -0.2) is 43.6 Å². The van der Waals surface area contributed by atoms with Crippen LogP contribution in [-0.2, 0) is 9.57 Å². The zero-order chi connectivity index (χ0) is 18.4. The van der Waals surface area contributed by atoms with E-state index in [0.29, 0.717) is 16.0 Å². The fraction of sp³-hybridized carbons (Fsp3) is 0.556. The summed E-state index contributed by atoms with van der Waals surface area (Å²) in [6.07, 6.45) is 0.462. The van der Waals surface area contributed by atoms with E-state index in [4.69, 9.17) is 9.57 Å². The van der Waals surface area contributed by atoms with Gasteiger partial charge in [-0.2, -0.15) is 0 Å². The summed E-state index contributed by atoms with van der Waals surface area (Å²) in [5.74, 6) is -0.390. The number of ether oxygens (including phenoxy) is 1. The van der Waals surface area contributed by atoms with Crippen molar-refractivity contribution in [1.82, 2.24) is 10.4 Å². The van der Waals surface area contributed by atoms with Gasteiger partial charge in [0.1, 0.15) is 0 Å². The molecule has 1 aromatic rings. The van der Waals surface area contributed by atoms with Crippen molar-refractivity contribution in [3.05, 3.63) is 35.9 Å². The van der Waals surface area contributed by atoms with Gasteiger partial charge in [-0.3, -0.25) is 0 Å². The van der Waals surface area contributed by atoms with Crippen molar-refractivity contribution in [2.45, 2.75) is 49.7 Å². The van der Waals surface area contributed by atoms with Crippen LogP contribution < -0.4 is 26.7 Å². The maximum atomic E-state index is 12.2. The predicted octanol–water partition coefficient (Wildman–Crippen LogP) is -0.208. The van der Waals surface area contributed by atoms with Crippen LogP contribution in [0.15, 0.2) is 30.3 Å². The Morgan fingerprint density at radius 1 is 1.24 bits per heavy atom. The number of carbonyl (C=O) groups excluding carboxylic acids is 2. The number of nitrogens with one attached hydrogen (secondary N) is 1. The molecule has 0 radical (unpaired) electrons. The third-order valence-corrected chi connectivity index (χ3v) is 7.16. The predicted molar refractivity (Wildman–Crippen MR) is 90.7 cm³/mol. The van der Waals surface area contributed by atoms with Gasteiger partial charge in [0, 0.05) is 0 Å². The van der Waals surface area contributed by atoms with E-state index < -0.39 is 5.60 Å². The zero-order valence-corrected chi connectivity index (χ0v) is 17.3. The van der Waals surface area contributed by atoms with Crippen LogP contribution in [0.4, 0.5) is 4.79 Å². The standard InChI is InChI=1S/C18H26IN2O4/c1-13-15(20-25-16(22)14-8-6-5-7-9-14)10-11-21(12-19-13)17(23)24-18(2,3)4/h5-9,13,15,20H,10-12H2,1-4H3/q-1/t13-,15?/m1/s1. The monoisotopic (exact) mass is 461 g/mol. The molecular formula is C18H26IN2O4-. The molecule has 25 heavy (non-hydrogen) atoms. The summed E-state index contributed by atoms with van der Waals surface area (Å²) < 4.78 is 6.59. The summed E-state index contributed by atoms with van der Waals surface area (Å²) in [5.41, 5.74) is 2.94. The van der Waals surface area contributed by atoms with Crippen molar-refractivity contribution in [3.8, 4) is 0 Å². The molecular weight excluding hydrogens is 435 g/mol. The van der Waals surface area contributed by atoms with Crippen LogP contribution in [0.25, 0.3) is 0 Å². The molecule has 0 aliphatic carbocycles. The first kappa shape index (κ1) is 20.0. The average Bonchev–Trinajstić information content (AvgIpc) is 2.74. The van der Waals surface area contributed by atoms with Gasteiger partial charge < -0.3 is 0 Å². The summed E-state index contributed by atoms with van der Waals surface area (Å²) in [4.78, 5) is 31.3. The van der Waals surface area contributed by atoms with Gasteiger partial charge in [-0.25, -0.2) is 0 Å². The molecule has 1 unspecified atom stereocenters. The van der Waals surface area contributed by atoms with Crippen molar-refractivity contribution < 1.29 is 40.4 Å². The Labute approximate surface area is 159 Å². The Hall–Kier alpha value is -1.35. The number of benzene rings is 1. The number of rotatable bonds is 3. The molecule has 2 rings (SSSR count). The molecule has 0 spiro atoms. The second-order valence-electron chi connectivity index (χ2n) is 6.96. The van der Waals surface area contributed by atoms with Crippen LogP contribution in [0, 0.1) is 0 Å². The number of alkyl halides is 2. The molecule has 0 bridgehead atoms. The van der Waals surface area contributed by atoms with Crippen LogP contribution in [0.2, 0.25) is 0 Å². The average molecular weight is 461 g/mol. The molecule has 1 N–H and O–H groups in total. The number of carbonyl (C=O) groups is 2. The number of amides is 1. The number of hydrogen-bond donors (Lipinski definition) is 1. The van der Waals surface area contributed by atoms with E-state index in [9.17, 15) is 9.59 Å². The molecule has 140 valence electrons. The molecule has 7 heteroatoms. The minimum absolute atomic E-state index is 0.0490. The Morgan fingerprint density at radius 3 is 2.56 bits per heavy atom. The summed E-state index contributed by atoms with van der Waals surface area (Å²) in [6.45, 7) is 8.34. The zero-order valence-electron chi connectivity index (χ0n) is 15.1. The van der Waals surface area contributed by atoms with Crippen LogP contribution >= 0.6 is 0 Å². The molecule has 1 aromatic carbocycles. The number of halogens is 1. The van der Waals surface area contributed by atoms with E-state index >= 15 is 0 Å². The van der Waals surface area contributed by atoms with E-state index in [2.05, 4.69) is 12.4 Å². The number of nitrogens with zero attached hydrogens (tertiary/aromatic N) is 1. The molecule has 1 saturated heterocycles. The molecule has 1 aliphatic rings. The summed E-state index contributed by atoms with van der Waals surface area (Å²) in [5, 5.41) is 0. The molecule has 6 nitrogen and oxygen atoms in total. The summed E-state index contributed by atoms with van der Waals surface area (Å²) in [6, 6.07) is 8.94. The first-order valence-corrected chi connectivity index (χ1v) is 11.1. The third-order valence-electron chi connectivity index (χ3n) is 3.69. The minimum atomic E-state index is -0.490. The number of hydroxylamine groups is 1. The van der Waals surface area contributed by atoms with E-state index in [-0.39, 0.29) is 39.3 Å². The Bertz CT molecular complexity index is 588. The van der Waals surface area contributed by atoms with Crippen LogP contribution in [0.1, 0.15) is 44.5 Å². The van der Waals surface area contributed by atoms with Crippen molar-refractivity contribution in [1.29, 1.82) is 0 Å². The fourth-order valence-electron chi connectivity index (χ4n) is 2.27. The SMILES string of the molecule is C[C@H]1[I-]CN(C(=O)OC(C)(C)C)CCC1NOC(=O)c1ccccc1. The molecule has 1 heterocycles. The van der Waals surface area contributed by atoms with Crippen molar-refractivity contribution in [2.75, 3.05) is 11.1 Å². The van der Waals surface area contributed by atoms with E-state index in [1.807, 2.05) is 26.8 Å². The van der Waals surface area contributed by atoms with E-state index in [1.54, 1.807) is 29.2 Å². The summed E-state index contributed by atoms with van der Waals surface area (Å²) in [7, 11) is 0. The number of hydrogen-bond acceptors (Lipinski definition) is 5. The summed E-state index contributed by atoms with van der Waals surface area (Å²) >= 11 is -0.249. The Balaban J connectivity index is 1.87. The molecule has 2 atom stereocenters. The second kappa shape index (κ2) is 8.84. The third kappa shape index (κ3) is 6.47. The van der Waals surface area contributed by atoms with Gasteiger partial charge in [0.05, 0.1) is 0 Å². The van der Waals surface area contributed by atoms with Gasteiger partial charge in [0.25, 0.3) is 0 Å². The van der Waals surface area contributed by atoms with Gasteiger partial charge in [0.2, 0.25) is 0 Å². The van der Waals surface area contributed by atoms with Gasteiger partial charge in [-0.05, 0) is 0 Å². The van der Waals surface area contributed by atoms with Gasteiger partial charge >= 0.3 is 159 Å². The molecule has 1 aliphatic heterocycles. The Morgan fingerprint density at radius 2 is 1.92 bits per heavy atom. The van der Waals surface area contributed by atoms with Crippen LogP contribution in [0.5, 0.6) is 0 Å². The quantitative estimate of drug-likeness (QED) is 0.292. The van der Waals surface area contributed by atoms with Crippen LogP contribution in [0.3, 0.4) is 0 Å². The van der Waals surface area contributed by atoms with Gasteiger partial charge in [0.15, 0.2) is 0 Å². The second-order valence-corrected chi connectivity index (χ2v) is 10.5. The molecule has 0 aromatic heterocycles. The van der Waals surface area contributed by atoms with Crippen molar-refractivity contribution in [3.63, 3.8) is 0 Å². The first-order valence-electron chi connectivity index (χ1n) is 8.33. The van der Waals surface area contributed by atoms with E-state index in [1.165, 1.54) is 0 Å².